The molecule has 1 aromatic carbocycles. The summed E-state index contributed by atoms with van der Waals surface area (Å²) in [6.07, 6.45) is 5.41. The molecule has 5 heteroatoms. The molecule has 0 radical (unpaired) electrons. The molecule has 0 aliphatic heterocycles. The van der Waals surface area contributed by atoms with Crippen molar-refractivity contribution in [2.75, 3.05) is 7.05 Å². The van der Waals surface area contributed by atoms with Crippen LogP contribution in [-0.2, 0) is 4.79 Å². The Bertz CT molecular complexity index is 811. The number of pyridine rings is 1. The number of benzene rings is 1. The van der Waals surface area contributed by atoms with E-state index >= 15 is 0 Å². The van der Waals surface area contributed by atoms with Crippen molar-refractivity contribution in [2.24, 2.45) is 0 Å². The first kappa shape index (κ1) is 18.1. The summed E-state index contributed by atoms with van der Waals surface area (Å²) < 4.78 is 0. The summed E-state index contributed by atoms with van der Waals surface area (Å²) in [5, 5.41) is 9.85. The van der Waals surface area contributed by atoms with Gasteiger partial charge in [0.05, 0.1) is 5.69 Å². The Hall–Kier alpha value is -2.69. The maximum atomic E-state index is 13.2. The van der Waals surface area contributed by atoms with Crippen molar-refractivity contribution in [1.82, 2.24) is 9.88 Å². The minimum absolute atomic E-state index is 0.246. The highest BCUT2D eigenvalue weighted by molar-refractivity contribution is 6.00. The summed E-state index contributed by atoms with van der Waals surface area (Å²) in [4.78, 5) is 31.0. The lowest BCUT2D eigenvalue weighted by atomic mass is 9.80. The van der Waals surface area contributed by atoms with Crippen LogP contribution in [0.3, 0.4) is 0 Å². The molecule has 5 nitrogen and oxygen atoms in total. The van der Waals surface area contributed by atoms with Crippen molar-refractivity contribution in [3.8, 4) is 11.3 Å². The molecule has 0 unspecified atom stereocenters. The molecule has 1 amide bonds. The quantitative estimate of drug-likeness (QED) is 0.905. The molecule has 1 heterocycles. The minimum atomic E-state index is -1.11. The van der Waals surface area contributed by atoms with E-state index in [9.17, 15) is 14.7 Å². The average Bonchev–Trinajstić information content (AvgIpc) is 2.68. The van der Waals surface area contributed by atoms with Gasteiger partial charge in [0, 0.05) is 24.4 Å². The highest BCUT2D eigenvalue weighted by Crippen LogP contribution is 2.35. The number of carbonyl (C=O) groups excluding carboxylic acids is 1. The fourth-order valence-corrected chi connectivity index (χ4v) is 3.87. The van der Waals surface area contributed by atoms with Crippen molar-refractivity contribution < 1.29 is 14.7 Å². The molecule has 1 aliphatic rings. The molecule has 1 N–H and O–H groups in total. The minimum Gasteiger partial charge on any atom is -0.479 e. The number of hydrogen-bond acceptors (Lipinski definition) is 3. The van der Waals surface area contributed by atoms with Gasteiger partial charge in [0.15, 0.2) is 0 Å². The summed E-state index contributed by atoms with van der Waals surface area (Å²) >= 11 is 0. The maximum Gasteiger partial charge on any atom is 0.329 e. The first-order valence-corrected chi connectivity index (χ1v) is 9.00. The molecule has 1 aromatic heterocycles. The van der Waals surface area contributed by atoms with Crippen LogP contribution in [0, 0.1) is 6.92 Å². The second-order valence-electron chi connectivity index (χ2n) is 6.95. The van der Waals surface area contributed by atoms with Gasteiger partial charge < -0.3 is 10.0 Å². The number of likely N-dealkylation sites (N-methyl/N-ethyl adjacent to an activating group) is 1. The molecular formula is C21H24N2O3. The second-order valence-corrected chi connectivity index (χ2v) is 6.95. The number of aliphatic carboxylic acids is 1. The molecule has 26 heavy (non-hydrogen) atoms. The van der Waals surface area contributed by atoms with E-state index < -0.39 is 11.5 Å². The predicted octanol–water partition coefficient (Wildman–Crippen LogP) is 3.92. The molecule has 0 saturated heterocycles. The number of carbonyl (C=O) groups is 2. The van der Waals surface area contributed by atoms with Crippen molar-refractivity contribution in [1.29, 1.82) is 0 Å². The number of hydrogen-bond donors (Lipinski definition) is 1. The predicted molar refractivity (Wildman–Crippen MR) is 100.0 cm³/mol. The van der Waals surface area contributed by atoms with Gasteiger partial charge in [0.1, 0.15) is 5.54 Å². The standard InChI is InChI=1S/C21H24N2O3/c1-15-16(18-11-4-7-14-22-18)9-8-10-17(15)19(24)23(2)21(20(25)26)12-5-3-6-13-21/h4,7-11,14H,3,5-6,12-13H2,1-2H3,(H,25,26). The average molecular weight is 352 g/mol. The largest absolute Gasteiger partial charge is 0.479 e. The van der Waals surface area contributed by atoms with Crippen molar-refractivity contribution in [3.63, 3.8) is 0 Å². The molecule has 0 bridgehead atoms. The van der Waals surface area contributed by atoms with E-state index in [2.05, 4.69) is 4.98 Å². The van der Waals surface area contributed by atoms with E-state index in [1.54, 1.807) is 19.3 Å². The number of carboxylic acids is 1. The van der Waals surface area contributed by atoms with Crippen LogP contribution < -0.4 is 0 Å². The van der Waals surface area contributed by atoms with E-state index in [0.717, 1.165) is 36.1 Å². The van der Waals surface area contributed by atoms with Crippen LogP contribution in [0.2, 0.25) is 0 Å². The molecule has 136 valence electrons. The molecular weight excluding hydrogens is 328 g/mol. The smallest absolute Gasteiger partial charge is 0.329 e. The fraction of sp³-hybridized carbons (Fsp3) is 0.381. The van der Waals surface area contributed by atoms with Crippen LogP contribution >= 0.6 is 0 Å². The molecule has 0 atom stereocenters. The summed E-state index contributed by atoms with van der Waals surface area (Å²) in [6.45, 7) is 1.89. The highest BCUT2D eigenvalue weighted by atomic mass is 16.4. The van der Waals surface area contributed by atoms with Gasteiger partial charge in [-0.2, -0.15) is 0 Å². The van der Waals surface area contributed by atoms with E-state index in [1.807, 2.05) is 37.3 Å². The molecule has 3 rings (SSSR count). The van der Waals surface area contributed by atoms with Crippen LogP contribution in [0.4, 0.5) is 0 Å². The first-order valence-electron chi connectivity index (χ1n) is 9.00. The normalized spacial score (nSPS) is 16.1. The van der Waals surface area contributed by atoms with E-state index in [1.165, 1.54) is 4.90 Å². The van der Waals surface area contributed by atoms with E-state index in [4.69, 9.17) is 0 Å². The number of aromatic nitrogens is 1. The van der Waals surface area contributed by atoms with Gasteiger partial charge in [-0.15, -0.1) is 0 Å². The molecule has 1 saturated carbocycles. The van der Waals surface area contributed by atoms with Gasteiger partial charge in [0.2, 0.25) is 0 Å². The lowest BCUT2D eigenvalue weighted by Crippen LogP contribution is -2.56. The molecule has 1 fully saturated rings. The zero-order valence-corrected chi connectivity index (χ0v) is 15.2. The maximum absolute atomic E-state index is 13.2. The van der Waals surface area contributed by atoms with Crippen LogP contribution in [-0.4, -0.2) is 39.5 Å². The second kappa shape index (κ2) is 7.28. The van der Waals surface area contributed by atoms with Gasteiger partial charge in [-0.05, 0) is 43.5 Å². The van der Waals surface area contributed by atoms with Crippen LogP contribution in [0.1, 0.15) is 48.0 Å². The van der Waals surface area contributed by atoms with Crippen molar-refractivity contribution in [2.45, 2.75) is 44.6 Å². The Morgan fingerprint density at radius 3 is 2.42 bits per heavy atom. The lowest BCUT2D eigenvalue weighted by molar-refractivity contribution is -0.151. The van der Waals surface area contributed by atoms with Crippen LogP contribution in [0.25, 0.3) is 11.3 Å². The topological polar surface area (TPSA) is 70.5 Å². The molecule has 0 spiro atoms. The Morgan fingerprint density at radius 1 is 1.08 bits per heavy atom. The van der Waals surface area contributed by atoms with E-state index in [-0.39, 0.29) is 5.91 Å². The van der Waals surface area contributed by atoms with Crippen LogP contribution in [0.5, 0.6) is 0 Å². The zero-order valence-electron chi connectivity index (χ0n) is 15.2. The Balaban J connectivity index is 1.98. The van der Waals surface area contributed by atoms with Crippen molar-refractivity contribution >= 4 is 11.9 Å². The third-order valence-electron chi connectivity index (χ3n) is 5.53. The van der Waals surface area contributed by atoms with Crippen LogP contribution in [0.15, 0.2) is 42.6 Å². The third-order valence-corrected chi connectivity index (χ3v) is 5.53. The summed E-state index contributed by atoms with van der Waals surface area (Å²) in [5.41, 5.74) is 1.93. The third kappa shape index (κ3) is 3.09. The zero-order chi connectivity index (χ0) is 18.7. The summed E-state index contributed by atoms with van der Waals surface area (Å²) in [5.74, 6) is -1.16. The van der Waals surface area contributed by atoms with Crippen molar-refractivity contribution in [3.05, 3.63) is 53.7 Å². The number of carboxylic acid groups (broad SMARTS) is 1. The van der Waals surface area contributed by atoms with Gasteiger partial charge in [-0.25, -0.2) is 4.79 Å². The fourth-order valence-electron chi connectivity index (χ4n) is 3.87. The first-order chi connectivity index (χ1) is 12.5. The Labute approximate surface area is 153 Å². The SMILES string of the molecule is Cc1c(C(=O)N(C)C2(C(=O)O)CCCCC2)cccc1-c1ccccn1. The van der Waals surface area contributed by atoms with Gasteiger partial charge >= 0.3 is 5.97 Å². The molecule has 2 aromatic rings. The number of nitrogens with zero attached hydrogens (tertiary/aromatic N) is 2. The monoisotopic (exact) mass is 352 g/mol. The van der Waals surface area contributed by atoms with Gasteiger partial charge in [0.25, 0.3) is 5.91 Å². The van der Waals surface area contributed by atoms with Gasteiger partial charge in [-0.1, -0.05) is 37.5 Å². The summed E-state index contributed by atoms with van der Waals surface area (Å²) in [7, 11) is 1.62. The highest BCUT2D eigenvalue weighted by Gasteiger charge is 2.45. The Kier molecular flexibility index (Phi) is 5.07. The molecule has 1 aliphatic carbocycles. The number of rotatable bonds is 4. The van der Waals surface area contributed by atoms with Gasteiger partial charge in [-0.3, -0.25) is 9.78 Å². The van der Waals surface area contributed by atoms with E-state index in [0.29, 0.717) is 18.4 Å². The Morgan fingerprint density at radius 2 is 1.81 bits per heavy atom. The summed E-state index contributed by atoms with van der Waals surface area (Å²) in [6, 6.07) is 11.2. The number of amides is 1. The lowest BCUT2D eigenvalue weighted by Gasteiger charge is -2.41.